The van der Waals surface area contributed by atoms with E-state index < -0.39 is 55.0 Å². The van der Waals surface area contributed by atoms with Gasteiger partial charge in [0.25, 0.3) is 0 Å². The van der Waals surface area contributed by atoms with Crippen LogP contribution in [0.1, 0.15) is 6.42 Å². The molecule has 0 heterocycles. The van der Waals surface area contributed by atoms with Gasteiger partial charge in [0.15, 0.2) is 5.78 Å². The van der Waals surface area contributed by atoms with Crippen molar-refractivity contribution >= 4 is 17.5 Å². The topological polar surface area (TPSA) is 173 Å². The van der Waals surface area contributed by atoms with Crippen molar-refractivity contribution in [3.05, 3.63) is 0 Å². The molecule has 0 aromatic rings. The van der Waals surface area contributed by atoms with E-state index in [4.69, 9.17) is 15.3 Å². The van der Waals surface area contributed by atoms with E-state index >= 15 is 0 Å². The molecule has 0 fully saturated rings. The number of hydrogen-bond donors (Lipinski definition) is 6. The van der Waals surface area contributed by atoms with Crippen molar-refractivity contribution in [2.75, 3.05) is 6.61 Å². The van der Waals surface area contributed by atoms with Gasteiger partial charge in [-0.3, -0.25) is 9.59 Å². The lowest BCUT2D eigenvalue weighted by atomic mass is 9.98. The summed E-state index contributed by atoms with van der Waals surface area (Å²) in [6.45, 7) is -0.923. The molecule has 6 N–H and O–H groups in total. The number of Topliss-reactive ketones (excluding diaryl/α,β-unsaturated/α-hetero) is 2. The van der Waals surface area contributed by atoms with Gasteiger partial charge in [-0.25, -0.2) is 4.79 Å². The molecule has 0 amide bonds. The molecule has 9 nitrogen and oxygen atoms in total. The highest BCUT2D eigenvalue weighted by Crippen LogP contribution is 2.07. The Morgan fingerprint density at radius 1 is 0.944 bits per heavy atom. The summed E-state index contributed by atoms with van der Waals surface area (Å²) in [6.07, 6.45) is -9.37. The molecule has 0 aliphatic carbocycles. The fourth-order valence-electron chi connectivity index (χ4n) is 1.05. The maximum atomic E-state index is 11.2. The van der Waals surface area contributed by atoms with Crippen molar-refractivity contribution in [1.82, 2.24) is 0 Å². The second-order valence-corrected chi connectivity index (χ2v) is 3.55. The van der Waals surface area contributed by atoms with Crippen LogP contribution in [0.3, 0.4) is 0 Å². The van der Waals surface area contributed by atoms with Crippen molar-refractivity contribution in [2.24, 2.45) is 0 Å². The summed E-state index contributed by atoms with van der Waals surface area (Å²) < 4.78 is 0. The van der Waals surface area contributed by atoms with Crippen LogP contribution in [0, 0.1) is 0 Å². The molecule has 0 saturated heterocycles. The second kappa shape index (κ2) is 7.13. The number of ketones is 2. The number of carboxylic acids is 1. The quantitative estimate of drug-likeness (QED) is 0.189. The summed E-state index contributed by atoms with van der Waals surface area (Å²) in [5.74, 6) is -4.68. The molecule has 9 heteroatoms. The van der Waals surface area contributed by atoms with E-state index in [1.165, 1.54) is 0 Å². The highest BCUT2D eigenvalue weighted by atomic mass is 16.4. The summed E-state index contributed by atoms with van der Waals surface area (Å²) in [6, 6.07) is 0. The third-order valence-corrected chi connectivity index (χ3v) is 2.16. The molecule has 18 heavy (non-hydrogen) atoms. The lowest BCUT2D eigenvalue weighted by molar-refractivity contribution is -0.154. The SMILES string of the molecule is O=C(O)C(=O)CC(=O)[C@@H](O)[C@@H](O)[C@H](O)[C@H](O)CO. The highest BCUT2D eigenvalue weighted by Gasteiger charge is 2.35. The molecular formula is C9H14O9. The molecular weight excluding hydrogens is 252 g/mol. The third-order valence-electron chi connectivity index (χ3n) is 2.16. The van der Waals surface area contributed by atoms with Gasteiger partial charge in [-0.1, -0.05) is 0 Å². The van der Waals surface area contributed by atoms with Gasteiger partial charge >= 0.3 is 5.97 Å². The Hall–Kier alpha value is -1.39. The smallest absolute Gasteiger partial charge is 0.372 e. The summed E-state index contributed by atoms with van der Waals surface area (Å²) in [4.78, 5) is 32.0. The second-order valence-electron chi connectivity index (χ2n) is 3.55. The largest absolute Gasteiger partial charge is 0.475 e. The Balaban J connectivity index is 4.54. The van der Waals surface area contributed by atoms with Crippen molar-refractivity contribution in [1.29, 1.82) is 0 Å². The van der Waals surface area contributed by atoms with Crippen LogP contribution in [0.25, 0.3) is 0 Å². The first-order valence-electron chi connectivity index (χ1n) is 4.84. The van der Waals surface area contributed by atoms with Crippen LogP contribution in [0.15, 0.2) is 0 Å². The zero-order valence-corrected chi connectivity index (χ0v) is 9.13. The molecule has 104 valence electrons. The van der Waals surface area contributed by atoms with Crippen LogP contribution in [0.5, 0.6) is 0 Å². The molecule has 0 rings (SSSR count). The minimum absolute atomic E-state index is 0.923. The fourth-order valence-corrected chi connectivity index (χ4v) is 1.05. The van der Waals surface area contributed by atoms with Gasteiger partial charge in [-0.05, 0) is 0 Å². The first-order chi connectivity index (χ1) is 8.22. The Morgan fingerprint density at radius 2 is 1.44 bits per heavy atom. The Morgan fingerprint density at radius 3 is 1.83 bits per heavy atom. The number of carbonyl (C=O) groups is 3. The number of rotatable bonds is 8. The van der Waals surface area contributed by atoms with Gasteiger partial charge in [0.2, 0.25) is 5.78 Å². The fraction of sp³-hybridized carbons (Fsp3) is 0.667. The Bertz CT molecular complexity index is 326. The molecule has 0 bridgehead atoms. The van der Waals surface area contributed by atoms with Gasteiger partial charge in [-0.2, -0.15) is 0 Å². The van der Waals surface area contributed by atoms with Gasteiger partial charge in [0.1, 0.15) is 24.4 Å². The van der Waals surface area contributed by atoms with Crippen LogP contribution >= 0.6 is 0 Å². The highest BCUT2D eigenvalue weighted by molar-refractivity contribution is 6.36. The van der Waals surface area contributed by atoms with Gasteiger partial charge in [-0.15, -0.1) is 0 Å². The third kappa shape index (κ3) is 4.47. The lowest BCUT2D eigenvalue weighted by Crippen LogP contribution is -2.49. The van der Waals surface area contributed by atoms with Gasteiger partial charge in [0, 0.05) is 0 Å². The van der Waals surface area contributed by atoms with Crippen molar-refractivity contribution in [3.8, 4) is 0 Å². The molecule has 0 spiro atoms. The standard InChI is InChI=1S/C9H14O9/c10-2-5(13)7(15)8(16)6(14)3(11)1-4(12)9(17)18/h5-8,10,13-16H,1-2H2,(H,17,18)/t5-,6-,7-,8-/m1/s1. The van der Waals surface area contributed by atoms with Crippen LogP contribution in [-0.2, 0) is 14.4 Å². The van der Waals surface area contributed by atoms with Gasteiger partial charge in [0.05, 0.1) is 13.0 Å². The summed E-state index contributed by atoms with van der Waals surface area (Å²) >= 11 is 0. The first-order valence-corrected chi connectivity index (χ1v) is 4.84. The van der Waals surface area contributed by atoms with Crippen molar-refractivity contribution in [2.45, 2.75) is 30.8 Å². The number of carboxylic acid groups (broad SMARTS) is 1. The van der Waals surface area contributed by atoms with E-state index in [0.29, 0.717) is 0 Å². The van der Waals surface area contributed by atoms with Crippen LogP contribution in [0.2, 0.25) is 0 Å². The number of aliphatic hydroxyl groups excluding tert-OH is 5. The number of aliphatic carboxylic acids is 1. The molecule has 0 aromatic carbocycles. The molecule has 0 aliphatic rings. The normalized spacial score (nSPS) is 17.6. The Labute approximate surface area is 101 Å². The average Bonchev–Trinajstić information content (AvgIpc) is 2.34. The number of hydrogen-bond acceptors (Lipinski definition) is 8. The van der Waals surface area contributed by atoms with E-state index in [9.17, 15) is 29.7 Å². The summed E-state index contributed by atoms with van der Waals surface area (Å²) in [5.41, 5.74) is 0. The van der Waals surface area contributed by atoms with Crippen LogP contribution < -0.4 is 0 Å². The molecule has 0 aliphatic heterocycles. The predicted molar refractivity (Wildman–Crippen MR) is 53.4 cm³/mol. The maximum absolute atomic E-state index is 11.2. The maximum Gasteiger partial charge on any atom is 0.372 e. The minimum atomic E-state index is -2.25. The molecule has 4 atom stereocenters. The zero-order valence-electron chi connectivity index (χ0n) is 9.13. The van der Waals surface area contributed by atoms with Crippen molar-refractivity contribution in [3.63, 3.8) is 0 Å². The molecule has 0 saturated carbocycles. The van der Waals surface area contributed by atoms with E-state index in [1.54, 1.807) is 0 Å². The predicted octanol–water partition coefficient (Wildman–Crippen LogP) is -3.96. The van der Waals surface area contributed by atoms with E-state index in [-0.39, 0.29) is 0 Å². The number of carbonyl (C=O) groups excluding carboxylic acids is 2. The molecule has 0 unspecified atom stereocenters. The number of aliphatic hydroxyl groups is 5. The monoisotopic (exact) mass is 266 g/mol. The zero-order chi connectivity index (χ0) is 14.5. The Kier molecular flexibility index (Phi) is 6.58. The average molecular weight is 266 g/mol. The van der Waals surface area contributed by atoms with Crippen LogP contribution in [-0.4, -0.2) is 79.2 Å². The lowest BCUT2D eigenvalue weighted by Gasteiger charge is -2.24. The van der Waals surface area contributed by atoms with Gasteiger partial charge < -0.3 is 30.6 Å². The summed E-state index contributed by atoms with van der Waals surface area (Å²) in [5, 5.41) is 53.3. The molecule has 0 radical (unpaired) electrons. The summed E-state index contributed by atoms with van der Waals surface area (Å²) in [7, 11) is 0. The molecule has 0 aromatic heterocycles. The first kappa shape index (κ1) is 16.6. The van der Waals surface area contributed by atoms with Crippen molar-refractivity contribution < 1.29 is 45.0 Å². The van der Waals surface area contributed by atoms with Crippen LogP contribution in [0.4, 0.5) is 0 Å². The van der Waals surface area contributed by atoms with E-state index in [2.05, 4.69) is 0 Å². The van der Waals surface area contributed by atoms with E-state index in [1.807, 2.05) is 0 Å². The minimum Gasteiger partial charge on any atom is -0.475 e. The van der Waals surface area contributed by atoms with E-state index in [0.717, 1.165) is 0 Å².